The fraction of sp³-hybridized carbons (Fsp3) is 0.571. The smallest absolute Gasteiger partial charge is 0.406 e. The molecule has 0 atom stereocenters. The number of hydrogen-bond donors (Lipinski definition) is 1. The van der Waals surface area contributed by atoms with Gasteiger partial charge in [0.2, 0.25) is 0 Å². The van der Waals surface area contributed by atoms with Gasteiger partial charge in [-0.2, -0.15) is 0 Å². The molecule has 0 rings (SSSR count). The summed E-state index contributed by atoms with van der Waals surface area (Å²) in [5.74, 6) is 0. The monoisotopic (exact) mass is 143 g/mol. The van der Waals surface area contributed by atoms with Crippen LogP contribution in [0.5, 0.6) is 0 Å². The lowest BCUT2D eigenvalue weighted by atomic mass is 10.4. The number of ether oxygens (including phenoxy) is 1. The van der Waals surface area contributed by atoms with Gasteiger partial charge < -0.3 is 10.1 Å². The van der Waals surface area contributed by atoms with Gasteiger partial charge in [-0.25, -0.2) is 4.79 Å². The Labute approximate surface area is 61.1 Å². The molecular formula is C7H13NO2. The van der Waals surface area contributed by atoms with E-state index in [-0.39, 0.29) is 6.09 Å². The van der Waals surface area contributed by atoms with Gasteiger partial charge in [0, 0.05) is 6.54 Å². The zero-order valence-corrected chi connectivity index (χ0v) is 6.39. The minimum Gasteiger partial charge on any atom is -0.453 e. The first-order chi connectivity index (χ1) is 4.81. The number of nitrogens with one attached hydrogen (secondary N) is 1. The highest BCUT2D eigenvalue weighted by Crippen LogP contribution is 1.79. The molecule has 1 amide bonds. The molecule has 3 heteroatoms. The Morgan fingerprint density at radius 2 is 2.40 bits per heavy atom. The van der Waals surface area contributed by atoms with E-state index < -0.39 is 0 Å². The summed E-state index contributed by atoms with van der Waals surface area (Å²) in [6, 6.07) is 0. The molecule has 10 heavy (non-hydrogen) atoms. The third-order valence-electron chi connectivity index (χ3n) is 1.00. The first-order valence-corrected chi connectivity index (χ1v) is 3.24. The maximum Gasteiger partial charge on any atom is 0.406 e. The van der Waals surface area contributed by atoms with E-state index in [1.807, 2.05) is 19.1 Å². The number of methoxy groups -OCH3 is 1. The Morgan fingerprint density at radius 1 is 1.70 bits per heavy atom. The molecule has 0 aromatic heterocycles. The summed E-state index contributed by atoms with van der Waals surface area (Å²) in [5, 5.41) is 2.55. The number of hydrogen-bond acceptors (Lipinski definition) is 2. The van der Waals surface area contributed by atoms with Crippen molar-refractivity contribution in [1.82, 2.24) is 5.32 Å². The van der Waals surface area contributed by atoms with Crippen LogP contribution in [0.3, 0.4) is 0 Å². The average Bonchev–Trinajstić information content (AvgIpc) is 1.98. The predicted octanol–water partition coefficient (Wildman–Crippen LogP) is 1.31. The Morgan fingerprint density at radius 3 is 2.90 bits per heavy atom. The number of carbonyl (C=O) groups excluding carboxylic acids is 1. The topological polar surface area (TPSA) is 38.3 Å². The van der Waals surface area contributed by atoms with Crippen LogP contribution in [0, 0.1) is 0 Å². The lowest BCUT2D eigenvalue weighted by Crippen LogP contribution is -2.23. The third-order valence-corrected chi connectivity index (χ3v) is 1.00. The number of alkyl carbamates (subject to hydrolysis) is 1. The molecule has 0 saturated heterocycles. The quantitative estimate of drug-likeness (QED) is 0.478. The van der Waals surface area contributed by atoms with Crippen LogP contribution in [0.1, 0.15) is 13.3 Å². The van der Waals surface area contributed by atoms with Gasteiger partial charge in [0.25, 0.3) is 0 Å². The van der Waals surface area contributed by atoms with Crippen LogP contribution in [0.4, 0.5) is 4.79 Å². The third kappa shape index (κ3) is 5.15. The average molecular weight is 143 g/mol. The highest BCUT2D eigenvalue weighted by atomic mass is 16.5. The molecule has 0 aliphatic carbocycles. The van der Waals surface area contributed by atoms with Gasteiger partial charge in [0.15, 0.2) is 0 Å². The van der Waals surface area contributed by atoms with Gasteiger partial charge in [-0.05, 0) is 13.3 Å². The minimum absolute atomic E-state index is 0.371. The van der Waals surface area contributed by atoms with E-state index in [1.54, 1.807) is 0 Å². The van der Waals surface area contributed by atoms with E-state index >= 15 is 0 Å². The maximum absolute atomic E-state index is 10.4. The Bertz CT molecular complexity index is 121. The molecule has 0 radical (unpaired) electrons. The van der Waals surface area contributed by atoms with Gasteiger partial charge in [0.05, 0.1) is 7.11 Å². The summed E-state index contributed by atoms with van der Waals surface area (Å²) in [6.45, 7) is 2.58. The molecule has 0 spiro atoms. The Hall–Kier alpha value is -0.990. The van der Waals surface area contributed by atoms with Crippen LogP contribution < -0.4 is 5.32 Å². The van der Waals surface area contributed by atoms with Gasteiger partial charge in [-0.3, -0.25) is 0 Å². The SMILES string of the molecule is C/C=C/CCNC(=O)OC. The van der Waals surface area contributed by atoms with Crippen LogP contribution in [0.25, 0.3) is 0 Å². The van der Waals surface area contributed by atoms with Crippen LogP contribution in [-0.4, -0.2) is 19.7 Å². The van der Waals surface area contributed by atoms with E-state index in [0.29, 0.717) is 6.54 Å². The van der Waals surface area contributed by atoms with Crippen LogP contribution in [-0.2, 0) is 4.74 Å². The number of carbonyl (C=O) groups is 1. The second-order valence-electron chi connectivity index (χ2n) is 1.78. The van der Waals surface area contributed by atoms with Crippen LogP contribution in [0.15, 0.2) is 12.2 Å². The second-order valence-corrected chi connectivity index (χ2v) is 1.78. The van der Waals surface area contributed by atoms with Crippen molar-refractivity contribution in [2.75, 3.05) is 13.7 Å². The molecule has 0 heterocycles. The molecular weight excluding hydrogens is 130 g/mol. The van der Waals surface area contributed by atoms with E-state index in [0.717, 1.165) is 6.42 Å². The maximum atomic E-state index is 10.4. The molecule has 0 aliphatic heterocycles. The summed E-state index contributed by atoms with van der Waals surface area (Å²) < 4.78 is 4.36. The molecule has 58 valence electrons. The number of amides is 1. The Kier molecular flexibility index (Phi) is 5.53. The standard InChI is InChI=1S/C7H13NO2/c1-3-4-5-6-8-7(9)10-2/h3-4H,5-6H2,1-2H3,(H,8,9)/b4-3+. The van der Waals surface area contributed by atoms with E-state index in [1.165, 1.54) is 7.11 Å². The first kappa shape index (κ1) is 9.01. The minimum atomic E-state index is -0.371. The summed E-state index contributed by atoms with van der Waals surface area (Å²) in [6.07, 6.45) is 4.41. The first-order valence-electron chi connectivity index (χ1n) is 3.24. The van der Waals surface area contributed by atoms with E-state index in [9.17, 15) is 4.79 Å². The summed E-state index contributed by atoms with van der Waals surface area (Å²) >= 11 is 0. The molecule has 0 bridgehead atoms. The fourth-order valence-corrected chi connectivity index (χ4v) is 0.496. The van der Waals surface area contributed by atoms with Crippen molar-refractivity contribution in [2.45, 2.75) is 13.3 Å². The molecule has 0 unspecified atom stereocenters. The van der Waals surface area contributed by atoms with Gasteiger partial charge >= 0.3 is 6.09 Å². The van der Waals surface area contributed by atoms with Crippen molar-refractivity contribution in [2.24, 2.45) is 0 Å². The van der Waals surface area contributed by atoms with Crippen molar-refractivity contribution in [3.8, 4) is 0 Å². The van der Waals surface area contributed by atoms with E-state index in [2.05, 4.69) is 10.1 Å². The number of allylic oxidation sites excluding steroid dienone is 1. The van der Waals surface area contributed by atoms with Crippen molar-refractivity contribution in [1.29, 1.82) is 0 Å². The molecule has 3 nitrogen and oxygen atoms in total. The van der Waals surface area contributed by atoms with Gasteiger partial charge in [-0.1, -0.05) is 12.2 Å². The molecule has 0 saturated carbocycles. The molecule has 0 aromatic rings. The molecule has 0 aliphatic rings. The zero-order valence-electron chi connectivity index (χ0n) is 6.39. The largest absolute Gasteiger partial charge is 0.453 e. The van der Waals surface area contributed by atoms with Crippen LogP contribution >= 0.6 is 0 Å². The van der Waals surface area contributed by atoms with Gasteiger partial charge in [0.1, 0.15) is 0 Å². The van der Waals surface area contributed by atoms with E-state index in [4.69, 9.17) is 0 Å². The van der Waals surface area contributed by atoms with Crippen molar-refractivity contribution in [3.63, 3.8) is 0 Å². The highest BCUT2D eigenvalue weighted by molar-refractivity contribution is 5.66. The van der Waals surface area contributed by atoms with Crippen molar-refractivity contribution >= 4 is 6.09 Å². The lowest BCUT2D eigenvalue weighted by molar-refractivity contribution is 0.171. The number of rotatable bonds is 3. The predicted molar refractivity (Wildman–Crippen MR) is 39.8 cm³/mol. The normalized spacial score (nSPS) is 9.80. The molecule has 0 aromatic carbocycles. The molecule has 0 fully saturated rings. The summed E-state index contributed by atoms with van der Waals surface area (Å²) in [7, 11) is 1.35. The second kappa shape index (κ2) is 6.13. The summed E-state index contributed by atoms with van der Waals surface area (Å²) in [5.41, 5.74) is 0. The zero-order chi connectivity index (χ0) is 7.82. The fourth-order valence-electron chi connectivity index (χ4n) is 0.496. The lowest BCUT2D eigenvalue weighted by Gasteiger charge is -1.98. The van der Waals surface area contributed by atoms with Crippen molar-refractivity contribution < 1.29 is 9.53 Å². The highest BCUT2D eigenvalue weighted by Gasteiger charge is 1.92. The van der Waals surface area contributed by atoms with Crippen LogP contribution in [0.2, 0.25) is 0 Å². The van der Waals surface area contributed by atoms with Gasteiger partial charge in [-0.15, -0.1) is 0 Å². The summed E-state index contributed by atoms with van der Waals surface area (Å²) in [4.78, 5) is 10.4. The Balaban J connectivity index is 3.11. The van der Waals surface area contributed by atoms with Crippen molar-refractivity contribution in [3.05, 3.63) is 12.2 Å². The molecule has 1 N–H and O–H groups in total.